The number of aryl methyl sites for hydroxylation is 1. The van der Waals surface area contributed by atoms with E-state index < -0.39 is 0 Å². The van der Waals surface area contributed by atoms with Crippen LogP contribution in [-0.4, -0.2) is 58.6 Å². The summed E-state index contributed by atoms with van der Waals surface area (Å²) in [6, 6.07) is 1.85. The molecule has 0 unspecified atom stereocenters. The van der Waals surface area contributed by atoms with Gasteiger partial charge >= 0.3 is 0 Å². The predicted molar refractivity (Wildman–Crippen MR) is 93.0 cm³/mol. The second kappa shape index (κ2) is 7.30. The first kappa shape index (κ1) is 16.9. The molecule has 0 spiro atoms. The lowest BCUT2D eigenvalue weighted by molar-refractivity contribution is 0.0669. The second-order valence-electron chi connectivity index (χ2n) is 6.57. The molecule has 6 heteroatoms. The largest absolute Gasteiger partial charge is 0.339 e. The quantitative estimate of drug-likeness (QED) is 0.843. The third-order valence-electron chi connectivity index (χ3n) is 5.07. The van der Waals surface area contributed by atoms with Gasteiger partial charge in [-0.2, -0.15) is 0 Å². The van der Waals surface area contributed by atoms with Gasteiger partial charge in [-0.1, -0.05) is 19.0 Å². The first-order valence-corrected chi connectivity index (χ1v) is 8.86. The van der Waals surface area contributed by atoms with Crippen LogP contribution in [0.3, 0.4) is 0 Å². The van der Waals surface area contributed by atoms with Crippen LogP contribution in [0.4, 0.5) is 0 Å². The van der Waals surface area contributed by atoms with Crippen molar-refractivity contribution in [1.82, 2.24) is 19.9 Å². The minimum Gasteiger partial charge on any atom is -0.339 e. The molecular formula is C18H26N4O2. The van der Waals surface area contributed by atoms with E-state index in [2.05, 4.69) is 28.9 Å². The molecule has 0 aromatic carbocycles. The fourth-order valence-corrected chi connectivity index (χ4v) is 3.41. The first-order valence-electron chi connectivity index (χ1n) is 8.86. The fraction of sp³-hybridized carbons (Fsp3) is 0.611. The van der Waals surface area contributed by atoms with E-state index in [4.69, 9.17) is 4.52 Å². The van der Waals surface area contributed by atoms with E-state index in [1.54, 1.807) is 6.20 Å². The molecule has 0 N–H and O–H groups in total. The van der Waals surface area contributed by atoms with Crippen LogP contribution in [0, 0.1) is 12.8 Å². The number of fused-ring (bicyclic) bond motifs is 1. The van der Waals surface area contributed by atoms with E-state index in [0.717, 1.165) is 56.6 Å². The molecule has 0 radical (unpaired) electrons. The number of likely N-dealkylation sites (tertiary alicyclic amines) is 1. The number of hydrogen-bond acceptors (Lipinski definition) is 5. The van der Waals surface area contributed by atoms with Crippen molar-refractivity contribution in [2.75, 3.05) is 32.7 Å². The molecule has 0 aliphatic carbocycles. The maximum absolute atomic E-state index is 12.7. The third-order valence-corrected chi connectivity index (χ3v) is 5.07. The molecule has 1 aliphatic heterocycles. The summed E-state index contributed by atoms with van der Waals surface area (Å²) in [7, 11) is 0. The predicted octanol–water partition coefficient (Wildman–Crippen LogP) is 2.73. The molecule has 3 heterocycles. The molecule has 0 bridgehead atoms. The Morgan fingerprint density at radius 2 is 2.04 bits per heavy atom. The molecule has 1 amide bonds. The Bertz CT molecular complexity index is 700. The number of carbonyl (C=O) groups is 1. The minimum absolute atomic E-state index is 0.0614. The summed E-state index contributed by atoms with van der Waals surface area (Å²) in [6.07, 6.45) is 3.74. The molecule has 1 fully saturated rings. The van der Waals surface area contributed by atoms with Crippen LogP contribution in [0.2, 0.25) is 0 Å². The van der Waals surface area contributed by atoms with Gasteiger partial charge < -0.3 is 14.3 Å². The van der Waals surface area contributed by atoms with E-state index in [1.807, 2.05) is 17.9 Å². The van der Waals surface area contributed by atoms with Crippen LogP contribution in [-0.2, 0) is 0 Å². The van der Waals surface area contributed by atoms with Gasteiger partial charge in [0.2, 0.25) is 0 Å². The van der Waals surface area contributed by atoms with Gasteiger partial charge in [0.15, 0.2) is 0 Å². The van der Waals surface area contributed by atoms with Gasteiger partial charge in [-0.3, -0.25) is 4.79 Å². The van der Waals surface area contributed by atoms with E-state index >= 15 is 0 Å². The lowest BCUT2D eigenvalue weighted by Gasteiger charge is -2.34. The van der Waals surface area contributed by atoms with E-state index in [0.29, 0.717) is 17.2 Å². The van der Waals surface area contributed by atoms with Crippen LogP contribution >= 0.6 is 0 Å². The Morgan fingerprint density at radius 3 is 2.71 bits per heavy atom. The Hall–Kier alpha value is -1.95. The van der Waals surface area contributed by atoms with Gasteiger partial charge in [0.05, 0.1) is 16.6 Å². The Labute approximate surface area is 142 Å². The highest BCUT2D eigenvalue weighted by Gasteiger charge is 2.25. The number of rotatable bonds is 5. The molecule has 24 heavy (non-hydrogen) atoms. The smallest absolute Gasteiger partial charge is 0.257 e. The molecule has 6 nitrogen and oxygen atoms in total. The topological polar surface area (TPSA) is 62.5 Å². The molecule has 0 atom stereocenters. The standard InChI is InChI=1S/C18H26N4O2/c1-4-21(5-2)12-14-6-8-22(9-7-14)18(23)15-10-16-13(3)20-24-17(16)19-11-15/h10-11,14H,4-9,12H2,1-3H3. The number of aromatic nitrogens is 2. The average Bonchev–Trinajstić information content (AvgIpc) is 3.00. The van der Waals surface area contributed by atoms with Crippen LogP contribution < -0.4 is 0 Å². The van der Waals surface area contributed by atoms with Gasteiger partial charge in [-0.25, -0.2) is 4.98 Å². The molecule has 130 valence electrons. The summed E-state index contributed by atoms with van der Waals surface area (Å²) < 4.78 is 5.11. The Balaban J connectivity index is 1.63. The normalized spacial score (nSPS) is 16.2. The molecule has 3 rings (SSSR count). The maximum Gasteiger partial charge on any atom is 0.257 e. The van der Waals surface area contributed by atoms with E-state index in [-0.39, 0.29) is 5.91 Å². The Morgan fingerprint density at radius 1 is 1.33 bits per heavy atom. The number of nitrogens with zero attached hydrogens (tertiary/aromatic N) is 4. The number of amides is 1. The molecular weight excluding hydrogens is 304 g/mol. The SMILES string of the molecule is CCN(CC)CC1CCN(C(=O)c2cnc3onc(C)c3c2)CC1. The summed E-state index contributed by atoms with van der Waals surface area (Å²) in [4.78, 5) is 21.4. The van der Waals surface area contributed by atoms with E-state index in [1.165, 1.54) is 0 Å². The number of hydrogen-bond donors (Lipinski definition) is 0. The number of pyridine rings is 1. The van der Waals surface area contributed by atoms with Crippen molar-refractivity contribution in [2.24, 2.45) is 5.92 Å². The zero-order chi connectivity index (χ0) is 17.1. The van der Waals surface area contributed by atoms with Crippen molar-refractivity contribution < 1.29 is 9.32 Å². The highest BCUT2D eigenvalue weighted by atomic mass is 16.5. The Kier molecular flexibility index (Phi) is 5.14. The van der Waals surface area contributed by atoms with E-state index in [9.17, 15) is 4.79 Å². The highest BCUT2D eigenvalue weighted by Crippen LogP contribution is 2.22. The van der Waals surface area contributed by atoms with Crippen LogP contribution in [0.15, 0.2) is 16.8 Å². The van der Waals surface area contributed by atoms with Crippen molar-refractivity contribution in [3.63, 3.8) is 0 Å². The summed E-state index contributed by atoms with van der Waals surface area (Å²) in [5, 5.41) is 4.71. The summed E-state index contributed by atoms with van der Waals surface area (Å²) >= 11 is 0. The van der Waals surface area contributed by atoms with Crippen molar-refractivity contribution in [1.29, 1.82) is 0 Å². The zero-order valence-electron chi connectivity index (χ0n) is 14.8. The lowest BCUT2D eigenvalue weighted by Crippen LogP contribution is -2.41. The van der Waals surface area contributed by atoms with Gasteiger partial charge in [0.25, 0.3) is 11.6 Å². The molecule has 2 aromatic heterocycles. The average molecular weight is 330 g/mol. The van der Waals surface area contributed by atoms with Gasteiger partial charge in [0, 0.05) is 25.8 Å². The fourth-order valence-electron chi connectivity index (χ4n) is 3.41. The zero-order valence-corrected chi connectivity index (χ0v) is 14.8. The molecule has 1 saturated heterocycles. The maximum atomic E-state index is 12.7. The summed E-state index contributed by atoms with van der Waals surface area (Å²) in [6.45, 7) is 11.3. The summed E-state index contributed by atoms with van der Waals surface area (Å²) in [5.74, 6) is 0.751. The van der Waals surface area contributed by atoms with Crippen molar-refractivity contribution in [2.45, 2.75) is 33.6 Å². The van der Waals surface area contributed by atoms with Gasteiger partial charge in [0.1, 0.15) is 0 Å². The number of carbonyl (C=O) groups excluding carboxylic acids is 1. The molecule has 2 aromatic rings. The minimum atomic E-state index is 0.0614. The van der Waals surface area contributed by atoms with Crippen molar-refractivity contribution >= 4 is 17.0 Å². The molecule has 0 saturated carbocycles. The highest BCUT2D eigenvalue weighted by molar-refractivity contribution is 5.97. The van der Waals surface area contributed by atoms with Crippen LogP contribution in [0.5, 0.6) is 0 Å². The third kappa shape index (κ3) is 3.43. The second-order valence-corrected chi connectivity index (χ2v) is 6.57. The van der Waals surface area contributed by atoms with Gasteiger partial charge in [-0.05, 0) is 44.8 Å². The van der Waals surface area contributed by atoms with Gasteiger partial charge in [-0.15, -0.1) is 0 Å². The van der Waals surface area contributed by atoms with Crippen molar-refractivity contribution in [3.8, 4) is 0 Å². The summed E-state index contributed by atoms with van der Waals surface area (Å²) in [5.41, 5.74) is 1.88. The molecule has 1 aliphatic rings. The van der Waals surface area contributed by atoms with Crippen LogP contribution in [0.1, 0.15) is 42.7 Å². The number of piperidine rings is 1. The van der Waals surface area contributed by atoms with Crippen molar-refractivity contribution in [3.05, 3.63) is 23.5 Å². The monoisotopic (exact) mass is 330 g/mol. The lowest BCUT2D eigenvalue weighted by atomic mass is 9.95. The van der Waals surface area contributed by atoms with Crippen LogP contribution in [0.25, 0.3) is 11.1 Å². The first-order chi connectivity index (χ1) is 11.6.